The van der Waals surface area contributed by atoms with Crippen molar-refractivity contribution in [2.45, 2.75) is 125 Å². The van der Waals surface area contributed by atoms with E-state index in [-0.39, 0.29) is 34.9 Å². The zero-order valence-electron chi connectivity index (χ0n) is 24.7. The standard InChI is InChI=1S/C24H56O7Si3/c1-15-29-33(23(10)11,17-27-20(4)5)31-34(24(12)13,18-28-21(6)7)30-32(25-14,22(8)9)16-26-19(2)3/h19-24H,15-18H2,1-14H3. The van der Waals surface area contributed by atoms with Crippen molar-refractivity contribution in [3.63, 3.8) is 0 Å². The van der Waals surface area contributed by atoms with Crippen LogP contribution in [0.2, 0.25) is 16.6 Å². The van der Waals surface area contributed by atoms with Crippen LogP contribution in [0.5, 0.6) is 0 Å². The van der Waals surface area contributed by atoms with Crippen LogP contribution in [0.3, 0.4) is 0 Å². The van der Waals surface area contributed by atoms with E-state index < -0.39 is 25.7 Å². The van der Waals surface area contributed by atoms with Crippen LogP contribution in [0.25, 0.3) is 0 Å². The number of hydrogen-bond acceptors (Lipinski definition) is 7. The quantitative estimate of drug-likeness (QED) is 0.182. The third kappa shape index (κ3) is 10.4. The second kappa shape index (κ2) is 15.6. The highest BCUT2D eigenvalue weighted by molar-refractivity contribution is 6.88. The van der Waals surface area contributed by atoms with E-state index >= 15 is 0 Å². The molecule has 206 valence electrons. The average Bonchev–Trinajstić information content (AvgIpc) is 2.72. The van der Waals surface area contributed by atoms with E-state index in [2.05, 4.69) is 41.5 Å². The SMILES string of the molecule is CCO[Si](COC(C)C)(O[Si](COC(C)C)(O[Si](COC(C)C)(OC)C(C)C)C(C)C)C(C)C. The molecule has 0 radical (unpaired) electrons. The van der Waals surface area contributed by atoms with Crippen molar-refractivity contribution in [3.8, 4) is 0 Å². The highest BCUT2D eigenvalue weighted by atomic mass is 28.5. The summed E-state index contributed by atoms with van der Waals surface area (Å²) in [5.41, 5.74) is 0.443. The molecule has 0 aliphatic heterocycles. The molecule has 0 amide bonds. The van der Waals surface area contributed by atoms with E-state index in [0.29, 0.717) is 25.3 Å². The molecule has 34 heavy (non-hydrogen) atoms. The van der Waals surface area contributed by atoms with E-state index in [1.807, 2.05) is 48.5 Å². The lowest BCUT2D eigenvalue weighted by Crippen LogP contribution is -2.68. The molecule has 0 aliphatic carbocycles. The first kappa shape index (κ1) is 34.4. The first-order chi connectivity index (χ1) is 15.6. The number of rotatable bonds is 19. The Labute approximate surface area is 214 Å². The molecule has 0 rings (SSSR count). The molecule has 7 nitrogen and oxygen atoms in total. The van der Waals surface area contributed by atoms with Gasteiger partial charge in [-0.1, -0.05) is 41.5 Å². The van der Waals surface area contributed by atoms with Crippen molar-refractivity contribution in [2.24, 2.45) is 0 Å². The minimum Gasteiger partial charge on any atom is -0.412 e. The van der Waals surface area contributed by atoms with E-state index in [4.69, 9.17) is 31.3 Å². The molecular formula is C24H56O7Si3. The van der Waals surface area contributed by atoms with Gasteiger partial charge in [0.05, 0.1) is 37.0 Å². The van der Waals surface area contributed by atoms with E-state index in [9.17, 15) is 0 Å². The van der Waals surface area contributed by atoms with Crippen LogP contribution >= 0.6 is 0 Å². The summed E-state index contributed by atoms with van der Waals surface area (Å²) in [6.45, 7) is 27.8. The van der Waals surface area contributed by atoms with Crippen LogP contribution < -0.4 is 0 Å². The van der Waals surface area contributed by atoms with Crippen molar-refractivity contribution < 1.29 is 31.3 Å². The van der Waals surface area contributed by atoms with Gasteiger partial charge in [-0.2, -0.15) is 0 Å². The minimum absolute atomic E-state index is 0.0523. The van der Waals surface area contributed by atoms with Crippen molar-refractivity contribution in [2.75, 3.05) is 32.4 Å². The van der Waals surface area contributed by atoms with Gasteiger partial charge >= 0.3 is 25.7 Å². The maximum atomic E-state index is 7.29. The summed E-state index contributed by atoms with van der Waals surface area (Å²) in [4.78, 5) is 0. The molecular weight excluding hydrogens is 485 g/mol. The minimum atomic E-state index is -3.04. The van der Waals surface area contributed by atoms with Crippen molar-refractivity contribution in [1.82, 2.24) is 0 Å². The van der Waals surface area contributed by atoms with Crippen LogP contribution in [-0.4, -0.2) is 76.4 Å². The third-order valence-corrected chi connectivity index (χ3v) is 19.9. The Kier molecular flexibility index (Phi) is 15.8. The van der Waals surface area contributed by atoms with Gasteiger partial charge in [-0.3, -0.25) is 0 Å². The summed E-state index contributed by atoms with van der Waals surface area (Å²) in [5.74, 6) is 0. The normalized spacial score (nSPS) is 18.4. The Hall–Kier alpha value is 0.371. The number of hydrogen-bond donors (Lipinski definition) is 0. The van der Waals surface area contributed by atoms with Gasteiger partial charge in [0.2, 0.25) is 0 Å². The van der Waals surface area contributed by atoms with Crippen LogP contribution in [0.15, 0.2) is 0 Å². The summed E-state index contributed by atoms with van der Waals surface area (Å²) in [5, 5.41) is 0. The summed E-state index contributed by atoms with van der Waals surface area (Å²) in [6, 6.07) is 0. The zero-order chi connectivity index (χ0) is 26.7. The Bertz CT molecular complexity index is 549. The van der Waals surface area contributed by atoms with Gasteiger partial charge in [-0.05, 0) is 65.1 Å². The zero-order valence-corrected chi connectivity index (χ0v) is 27.7. The fraction of sp³-hybridized carbons (Fsp3) is 1.00. The lowest BCUT2D eigenvalue weighted by Gasteiger charge is -2.48. The monoisotopic (exact) mass is 540 g/mol. The predicted octanol–water partition coefficient (Wildman–Crippen LogP) is 6.15. The van der Waals surface area contributed by atoms with E-state index in [1.54, 1.807) is 7.11 Å². The Balaban J connectivity index is 6.66. The summed E-state index contributed by atoms with van der Waals surface area (Å²) >= 11 is 0. The molecule has 0 spiro atoms. The Morgan fingerprint density at radius 2 is 0.824 bits per heavy atom. The summed E-state index contributed by atoms with van der Waals surface area (Å²) in [6.07, 6.45) is 1.52. The maximum Gasteiger partial charge on any atom is 0.358 e. The van der Waals surface area contributed by atoms with Crippen LogP contribution in [0.1, 0.15) is 90.0 Å². The molecule has 10 heteroatoms. The van der Waals surface area contributed by atoms with Gasteiger partial charge in [0, 0.05) is 13.7 Å². The van der Waals surface area contributed by atoms with Gasteiger partial charge in [0.25, 0.3) is 0 Å². The van der Waals surface area contributed by atoms with Crippen LogP contribution in [-0.2, 0) is 31.3 Å². The molecule has 0 saturated carbocycles. The molecule has 0 aromatic heterocycles. The van der Waals surface area contributed by atoms with E-state index in [0.717, 1.165) is 0 Å². The smallest absolute Gasteiger partial charge is 0.358 e. The lowest BCUT2D eigenvalue weighted by molar-refractivity contribution is 0.0547. The molecule has 0 bridgehead atoms. The van der Waals surface area contributed by atoms with Crippen molar-refractivity contribution >= 4 is 25.7 Å². The maximum absolute atomic E-state index is 7.29. The average molecular weight is 541 g/mol. The van der Waals surface area contributed by atoms with Gasteiger partial charge in [-0.25, -0.2) is 0 Å². The molecule has 0 aromatic carbocycles. The molecule has 0 saturated heterocycles. The second-order valence-electron chi connectivity index (χ2n) is 10.8. The van der Waals surface area contributed by atoms with Gasteiger partial charge in [0.1, 0.15) is 0 Å². The highest BCUT2D eigenvalue weighted by Gasteiger charge is 2.58. The van der Waals surface area contributed by atoms with Crippen molar-refractivity contribution in [3.05, 3.63) is 0 Å². The third-order valence-electron chi connectivity index (χ3n) is 5.92. The fourth-order valence-electron chi connectivity index (χ4n) is 3.36. The summed E-state index contributed by atoms with van der Waals surface area (Å²) < 4.78 is 45.8. The largest absolute Gasteiger partial charge is 0.412 e. The van der Waals surface area contributed by atoms with Crippen LogP contribution in [0, 0.1) is 0 Å². The van der Waals surface area contributed by atoms with Crippen LogP contribution in [0.4, 0.5) is 0 Å². The Morgan fingerprint density at radius 3 is 1.12 bits per heavy atom. The fourth-order valence-corrected chi connectivity index (χ4v) is 18.1. The van der Waals surface area contributed by atoms with Gasteiger partial charge < -0.3 is 31.3 Å². The molecule has 0 fully saturated rings. The molecule has 3 unspecified atom stereocenters. The first-order valence-electron chi connectivity index (χ1n) is 13.1. The molecule has 0 aliphatic rings. The lowest BCUT2D eigenvalue weighted by atomic mass is 10.5. The molecule has 3 atom stereocenters. The molecule has 0 N–H and O–H groups in total. The predicted molar refractivity (Wildman–Crippen MR) is 147 cm³/mol. The van der Waals surface area contributed by atoms with E-state index in [1.165, 1.54) is 0 Å². The Morgan fingerprint density at radius 1 is 0.500 bits per heavy atom. The first-order valence-corrected chi connectivity index (χ1v) is 19.4. The molecule has 0 aromatic rings. The summed E-state index contributed by atoms with van der Waals surface area (Å²) in [7, 11) is -6.96. The molecule has 0 heterocycles. The van der Waals surface area contributed by atoms with Crippen molar-refractivity contribution in [1.29, 1.82) is 0 Å². The van der Waals surface area contributed by atoms with Gasteiger partial charge in [-0.15, -0.1) is 0 Å². The number of ether oxygens (including phenoxy) is 3. The highest BCUT2D eigenvalue weighted by Crippen LogP contribution is 2.38. The van der Waals surface area contributed by atoms with Gasteiger partial charge in [0.15, 0.2) is 0 Å². The second-order valence-corrected chi connectivity index (χ2v) is 22.4. The topological polar surface area (TPSA) is 64.6 Å².